The molecule has 2 rings (SSSR count). The maximum absolute atomic E-state index is 13.6. The summed E-state index contributed by atoms with van der Waals surface area (Å²) in [5, 5.41) is 10.6. The minimum absolute atomic E-state index is 0.142. The van der Waals surface area contributed by atoms with Crippen molar-refractivity contribution in [3.05, 3.63) is 35.6 Å². The largest absolute Gasteiger partial charge is 0.385 e. The zero-order valence-corrected chi connectivity index (χ0v) is 9.04. The number of aliphatic hydroxyl groups is 1. The van der Waals surface area contributed by atoms with E-state index in [1.165, 1.54) is 6.07 Å². The normalized spacial score (nSPS) is 31.5. The van der Waals surface area contributed by atoms with Crippen molar-refractivity contribution < 1.29 is 9.50 Å². The van der Waals surface area contributed by atoms with Crippen LogP contribution in [0, 0.1) is 11.7 Å². The van der Waals surface area contributed by atoms with Crippen LogP contribution in [0.1, 0.15) is 38.2 Å². The van der Waals surface area contributed by atoms with Gasteiger partial charge in [-0.3, -0.25) is 0 Å². The Morgan fingerprint density at radius 2 is 2.07 bits per heavy atom. The van der Waals surface area contributed by atoms with Gasteiger partial charge >= 0.3 is 0 Å². The van der Waals surface area contributed by atoms with Gasteiger partial charge in [0.25, 0.3) is 0 Å². The molecular formula is C13H17FO. The van der Waals surface area contributed by atoms with Crippen LogP contribution >= 0.6 is 0 Å². The number of benzene rings is 1. The minimum Gasteiger partial charge on any atom is -0.385 e. The number of rotatable bonds is 1. The maximum atomic E-state index is 13.6. The molecule has 0 amide bonds. The molecule has 0 saturated heterocycles. The van der Waals surface area contributed by atoms with Crippen molar-refractivity contribution in [3.8, 4) is 0 Å². The first-order valence-electron chi connectivity index (χ1n) is 5.62. The van der Waals surface area contributed by atoms with Gasteiger partial charge in [0.1, 0.15) is 5.82 Å². The second-order valence-corrected chi connectivity index (χ2v) is 4.55. The highest BCUT2D eigenvalue weighted by Crippen LogP contribution is 2.42. The van der Waals surface area contributed by atoms with E-state index in [2.05, 4.69) is 0 Å². The van der Waals surface area contributed by atoms with Crippen molar-refractivity contribution >= 4 is 0 Å². The summed E-state index contributed by atoms with van der Waals surface area (Å²) < 4.78 is 13.6. The first-order chi connectivity index (χ1) is 7.14. The molecule has 0 unspecified atom stereocenters. The van der Waals surface area contributed by atoms with Crippen LogP contribution in [-0.4, -0.2) is 5.11 Å². The van der Waals surface area contributed by atoms with Gasteiger partial charge in [-0.05, 0) is 24.8 Å². The third-order valence-corrected chi connectivity index (χ3v) is 3.60. The Morgan fingerprint density at radius 1 is 1.33 bits per heavy atom. The average Bonchev–Trinajstić information content (AvgIpc) is 2.23. The molecule has 0 aromatic heterocycles. The van der Waals surface area contributed by atoms with Crippen molar-refractivity contribution in [1.82, 2.24) is 0 Å². The Hall–Kier alpha value is -0.890. The summed E-state index contributed by atoms with van der Waals surface area (Å²) in [5.74, 6) is -0.142. The van der Waals surface area contributed by atoms with E-state index < -0.39 is 5.60 Å². The Balaban J connectivity index is 2.39. The summed E-state index contributed by atoms with van der Waals surface area (Å²) in [6.07, 6.45) is 3.77. The molecule has 0 radical (unpaired) electrons. The van der Waals surface area contributed by atoms with Crippen LogP contribution in [0.5, 0.6) is 0 Å². The first-order valence-corrected chi connectivity index (χ1v) is 5.62. The summed E-state index contributed by atoms with van der Waals surface area (Å²) in [7, 11) is 0. The molecule has 2 atom stereocenters. The van der Waals surface area contributed by atoms with Crippen LogP contribution in [0.15, 0.2) is 24.3 Å². The van der Waals surface area contributed by atoms with Crippen LogP contribution in [-0.2, 0) is 5.60 Å². The van der Waals surface area contributed by atoms with Gasteiger partial charge in [-0.2, -0.15) is 0 Å². The molecule has 0 spiro atoms. The SMILES string of the molecule is C[C@H]1CCCC[C@@]1(O)c1ccccc1F. The fourth-order valence-corrected chi connectivity index (χ4v) is 2.54. The summed E-state index contributed by atoms with van der Waals surface area (Å²) >= 11 is 0. The van der Waals surface area contributed by atoms with Gasteiger partial charge in [0, 0.05) is 5.56 Å². The molecule has 1 saturated carbocycles. The highest BCUT2D eigenvalue weighted by molar-refractivity contribution is 5.25. The molecule has 1 aromatic rings. The van der Waals surface area contributed by atoms with Gasteiger partial charge in [0.05, 0.1) is 5.60 Å². The van der Waals surface area contributed by atoms with E-state index in [1.54, 1.807) is 18.2 Å². The van der Waals surface area contributed by atoms with Crippen LogP contribution in [0.2, 0.25) is 0 Å². The van der Waals surface area contributed by atoms with Crippen LogP contribution in [0.3, 0.4) is 0 Å². The quantitative estimate of drug-likeness (QED) is 0.751. The molecule has 1 nitrogen and oxygen atoms in total. The lowest BCUT2D eigenvalue weighted by molar-refractivity contribution is -0.0496. The molecule has 0 bridgehead atoms. The van der Waals surface area contributed by atoms with Crippen molar-refractivity contribution in [3.63, 3.8) is 0 Å². The second kappa shape index (κ2) is 3.93. The highest BCUT2D eigenvalue weighted by atomic mass is 19.1. The smallest absolute Gasteiger partial charge is 0.129 e. The molecule has 82 valence electrons. The molecular weight excluding hydrogens is 191 g/mol. The van der Waals surface area contributed by atoms with E-state index in [0.29, 0.717) is 12.0 Å². The fraction of sp³-hybridized carbons (Fsp3) is 0.538. The first kappa shape index (κ1) is 10.6. The molecule has 1 aliphatic carbocycles. The lowest BCUT2D eigenvalue weighted by Crippen LogP contribution is -2.37. The van der Waals surface area contributed by atoms with E-state index in [-0.39, 0.29) is 11.7 Å². The summed E-state index contributed by atoms with van der Waals surface area (Å²) in [4.78, 5) is 0. The topological polar surface area (TPSA) is 20.2 Å². The van der Waals surface area contributed by atoms with E-state index in [1.807, 2.05) is 6.92 Å². The van der Waals surface area contributed by atoms with Crippen molar-refractivity contribution in [2.45, 2.75) is 38.2 Å². The van der Waals surface area contributed by atoms with E-state index >= 15 is 0 Å². The van der Waals surface area contributed by atoms with Gasteiger partial charge in [-0.25, -0.2) is 4.39 Å². The Labute approximate surface area is 89.9 Å². The Morgan fingerprint density at radius 3 is 2.73 bits per heavy atom. The Bertz CT molecular complexity index is 350. The van der Waals surface area contributed by atoms with Gasteiger partial charge in [0.2, 0.25) is 0 Å². The molecule has 0 aliphatic heterocycles. The van der Waals surface area contributed by atoms with Crippen LogP contribution in [0.25, 0.3) is 0 Å². The Kier molecular flexibility index (Phi) is 2.79. The predicted octanol–water partition coefficient (Wildman–Crippen LogP) is 3.22. The molecule has 1 fully saturated rings. The van der Waals surface area contributed by atoms with Crippen molar-refractivity contribution in [2.75, 3.05) is 0 Å². The molecule has 1 N–H and O–H groups in total. The zero-order valence-electron chi connectivity index (χ0n) is 9.04. The number of halogens is 1. The zero-order chi connectivity index (χ0) is 10.9. The number of hydrogen-bond donors (Lipinski definition) is 1. The fourth-order valence-electron chi connectivity index (χ4n) is 2.54. The number of hydrogen-bond acceptors (Lipinski definition) is 1. The van der Waals surface area contributed by atoms with Crippen molar-refractivity contribution in [2.24, 2.45) is 5.92 Å². The summed E-state index contributed by atoms with van der Waals surface area (Å²) in [6.45, 7) is 2.01. The van der Waals surface area contributed by atoms with Gasteiger partial charge < -0.3 is 5.11 Å². The van der Waals surface area contributed by atoms with Crippen LogP contribution < -0.4 is 0 Å². The van der Waals surface area contributed by atoms with E-state index in [4.69, 9.17) is 0 Å². The van der Waals surface area contributed by atoms with E-state index in [9.17, 15) is 9.50 Å². The van der Waals surface area contributed by atoms with Crippen molar-refractivity contribution in [1.29, 1.82) is 0 Å². The molecule has 1 aromatic carbocycles. The monoisotopic (exact) mass is 208 g/mol. The summed E-state index contributed by atoms with van der Waals surface area (Å²) in [5.41, 5.74) is -0.485. The maximum Gasteiger partial charge on any atom is 0.129 e. The molecule has 0 heterocycles. The average molecular weight is 208 g/mol. The van der Waals surface area contributed by atoms with Gasteiger partial charge in [-0.15, -0.1) is 0 Å². The molecule has 2 heteroatoms. The second-order valence-electron chi connectivity index (χ2n) is 4.55. The summed E-state index contributed by atoms with van der Waals surface area (Å²) in [6, 6.07) is 6.58. The van der Waals surface area contributed by atoms with Crippen LogP contribution in [0.4, 0.5) is 4.39 Å². The third kappa shape index (κ3) is 1.78. The lowest BCUT2D eigenvalue weighted by Gasteiger charge is -2.38. The van der Waals surface area contributed by atoms with E-state index in [0.717, 1.165) is 19.3 Å². The minimum atomic E-state index is -0.955. The predicted molar refractivity (Wildman–Crippen MR) is 57.9 cm³/mol. The standard InChI is InChI=1S/C13H17FO/c1-10-6-4-5-9-13(10,15)11-7-2-3-8-12(11)14/h2-3,7-8,10,15H,4-6,9H2,1H3/t10-,13-/m0/s1. The lowest BCUT2D eigenvalue weighted by atomic mass is 9.72. The highest BCUT2D eigenvalue weighted by Gasteiger charge is 2.39. The molecule has 1 aliphatic rings. The van der Waals surface area contributed by atoms with Gasteiger partial charge in [-0.1, -0.05) is 38.0 Å². The molecule has 15 heavy (non-hydrogen) atoms. The van der Waals surface area contributed by atoms with Gasteiger partial charge in [0.15, 0.2) is 0 Å². The third-order valence-electron chi connectivity index (χ3n) is 3.60.